The predicted molar refractivity (Wildman–Crippen MR) is 141 cm³/mol. The summed E-state index contributed by atoms with van der Waals surface area (Å²) in [5, 5.41) is 8.65. The fourth-order valence-electron chi connectivity index (χ4n) is 4.17. The summed E-state index contributed by atoms with van der Waals surface area (Å²) in [7, 11) is -3.08. The Balaban J connectivity index is 1.75. The lowest BCUT2D eigenvalue weighted by Crippen LogP contribution is -2.30. The third kappa shape index (κ3) is 5.29. The monoisotopic (exact) mass is 561 g/mol. The average Bonchev–Trinajstić information content (AvgIpc) is 3.29. The summed E-state index contributed by atoms with van der Waals surface area (Å²) in [6.07, 6.45) is 1.67. The molecule has 0 aliphatic carbocycles. The van der Waals surface area contributed by atoms with E-state index in [1.54, 1.807) is 31.5 Å². The zero-order chi connectivity index (χ0) is 27.6. The van der Waals surface area contributed by atoms with Crippen LogP contribution in [0.1, 0.15) is 13.8 Å². The highest BCUT2D eigenvalue weighted by molar-refractivity contribution is 7.91. The van der Waals surface area contributed by atoms with E-state index in [9.17, 15) is 17.4 Å². The second-order valence-electron chi connectivity index (χ2n) is 8.57. The summed E-state index contributed by atoms with van der Waals surface area (Å²) in [4.78, 5) is 19.6. The van der Waals surface area contributed by atoms with Crippen molar-refractivity contribution in [2.45, 2.75) is 29.9 Å². The fraction of sp³-hybridized carbons (Fsp3) is 0.320. The average molecular weight is 562 g/mol. The lowest BCUT2D eigenvalue weighted by atomic mass is 9.96. The molecule has 3 atom stereocenters. The van der Waals surface area contributed by atoms with Crippen molar-refractivity contribution >= 4 is 44.0 Å². The van der Waals surface area contributed by atoms with Crippen LogP contribution >= 0.6 is 0 Å². The number of allylic oxidation sites excluding steroid dienone is 1. The van der Waals surface area contributed by atoms with Crippen LogP contribution in [-0.2, 0) is 30.4 Å². The summed E-state index contributed by atoms with van der Waals surface area (Å²) < 4.78 is 58.2. The number of ether oxygens (including phenoxy) is 3. The Bertz CT molecular complexity index is 1560. The molecule has 3 aromatic rings. The minimum absolute atomic E-state index is 0.0236. The van der Waals surface area contributed by atoms with Gasteiger partial charge >= 0.3 is 5.97 Å². The van der Waals surface area contributed by atoms with Crippen molar-refractivity contribution in [3.05, 3.63) is 53.8 Å². The van der Waals surface area contributed by atoms with E-state index in [2.05, 4.69) is 9.98 Å². The highest BCUT2D eigenvalue weighted by atomic mass is 32.2. The number of carbonyl (C=O) groups is 1. The topological polar surface area (TPSA) is 146 Å². The van der Waals surface area contributed by atoms with Crippen molar-refractivity contribution in [3.8, 4) is 11.5 Å². The Hall–Kier alpha value is -3.71. The van der Waals surface area contributed by atoms with Crippen LogP contribution < -0.4 is 9.47 Å². The third-order valence-electron chi connectivity index (χ3n) is 6.10. The van der Waals surface area contributed by atoms with E-state index in [1.165, 1.54) is 31.4 Å². The summed E-state index contributed by atoms with van der Waals surface area (Å²) in [5.41, 5.74) is 1.40. The number of benzene rings is 2. The van der Waals surface area contributed by atoms with Crippen LogP contribution in [0.2, 0.25) is 0 Å². The van der Waals surface area contributed by atoms with Gasteiger partial charge in [0.15, 0.2) is 6.61 Å². The molecule has 2 aromatic carbocycles. The van der Waals surface area contributed by atoms with Crippen molar-refractivity contribution in [1.82, 2.24) is 8.96 Å². The molecule has 1 aromatic heterocycles. The van der Waals surface area contributed by atoms with E-state index in [4.69, 9.17) is 19.3 Å². The largest absolute Gasteiger partial charge is 0.500 e. The van der Waals surface area contributed by atoms with Gasteiger partial charge in [0.1, 0.15) is 17.3 Å². The molecule has 1 aliphatic rings. The third-order valence-corrected chi connectivity index (χ3v) is 9.26. The molecule has 0 spiro atoms. The van der Waals surface area contributed by atoms with Crippen LogP contribution in [0.5, 0.6) is 11.5 Å². The minimum atomic E-state index is -4.27. The number of nitrogens with zero attached hydrogens (tertiary/aromatic N) is 3. The van der Waals surface area contributed by atoms with E-state index < -0.39 is 39.4 Å². The molecule has 0 saturated heterocycles. The maximum Gasteiger partial charge on any atom is 0.341 e. The summed E-state index contributed by atoms with van der Waals surface area (Å²) in [6.45, 7) is 3.23. The Morgan fingerprint density at radius 2 is 1.79 bits per heavy atom. The first-order valence-electron chi connectivity index (χ1n) is 11.5. The molecule has 2 heterocycles. The van der Waals surface area contributed by atoms with E-state index >= 15 is 0 Å². The lowest BCUT2D eigenvalue weighted by molar-refractivity contribution is -0.139. The van der Waals surface area contributed by atoms with Gasteiger partial charge in [0.05, 0.1) is 52.7 Å². The lowest BCUT2D eigenvalue weighted by Gasteiger charge is -2.26. The van der Waals surface area contributed by atoms with Gasteiger partial charge in [-0.15, -0.1) is 0 Å². The number of hydrogen-bond donors (Lipinski definition) is 1. The first-order chi connectivity index (χ1) is 18.1. The maximum atomic E-state index is 13.8. The highest BCUT2D eigenvalue weighted by Gasteiger charge is 2.32. The second-order valence-corrected chi connectivity index (χ2v) is 11.7. The molecule has 13 heteroatoms. The number of hydrogen-bond acceptors (Lipinski definition) is 9. The van der Waals surface area contributed by atoms with Gasteiger partial charge in [-0.3, -0.25) is 9.20 Å². The van der Waals surface area contributed by atoms with Crippen molar-refractivity contribution in [1.29, 1.82) is 0 Å². The van der Waals surface area contributed by atoms with Crippen molar-refractivity contribution in [2.75, 3.05) is 26.6 Å². The smallest absolute Gasteiger partial charge is 0.341 e. The molecule has 0 saturated carbocycles. The van der Waals surface area contributed by atoms with E-state index in [-0.39, 0.29) is 33.0 Å². The van der Waals surface area contributed by atoms with Gasteiger partial charge in [-0.1, -0.05) is 6.92 Å². The molecule has 0 bridgehead atoms. The van der Waals surface area contributed by atoms with Crippen LogP contribution in [0, 0.1) is 5.92 Å². The number of rotatable bonds is 10. The highest BCUT2D eigenvalue weighted by Crippen LogP contribution is 2.31. The number of methoxy groups -OCH3 is 2. The van der Waals surface area contributed by atoms with E-state index in [1.807, 2.05) is 13.8 Å². The van der Waals surface area contributed by atoms with E-state index in [0.29, 0.717) is 11.3 Å². The second kappa shape index (κ2) is 11.0. The fourth-order valence-corrected chi connectivity index (χ4v) is 7.39. The number of aliphatic imine (C=N–C) groups is 1. The Kier molecular flexibility index (Phi) is 7.88. The minimum Gasteiger partial charge on any atom is -0.500 e. The summed E-state index contributed by atoms with van der Waals surface area (Å²) in [6, 6.07) is 9.59. The molecule has 1 aliphatic heterocycles. The van der Waals surface area contributed by atoms with Gasteiger partial charge in [0, 0.05) is 23.8 Å². The molecule has 3 unspecified atom stereocenters. The normalized spacial score (nSPS) is 18.4. The van der Waals surface area contributed by atoms with Gasteiger partial charge in [0.2, 0.25) is 5.16 Å². The number of imidazole rings is 1. The molecule has 11 nitrogen and oxygen atoms in total. The SMILES string of the molecule is COC1=C(C)C=NC(CS(=O)c2nc3cc(OC)ccc3n2S(=O)(=O)c2ccc(OCC(=O)O)cc2)C1C. The van der Waals surface area contributed by atoms with Crippen molar-refractivity contribution in [2.24, 2.45) is 10.9 Å². The number of fused-ring (bicyclic) bond motifs is 1. The molecule has 4 rings (SSSR count). The van der Waals surface area contributed by atoms with Gasteiger partial charge < -0.3 is 19.3 Å². The van der Waals surface area contributed by atoms with Crippen molar-refractivity contribution < 1.29 is 36.7 Å². The molecule has 0 amide bonds. The first kappa shape index (κ1) is 27.3. The van der Waals surface area contributed by atoms with Crippen LogP contribution in [0.3, 0.4) is 0 Å². The standard InChI is InChI=1S/C25H27N3O8S2/c1-15-12-26-21(16(2)24(15)35-4)14-37(31)25-27-20-11-18(34-3)7-10-22(20)28(25)38(32,33)19-8-5-17(6-9-19)36-13-23(29)30/h5-12,16,21H,13-14H2,1-4H3,(H,29,30). The predicted octanol–water partition coefficient (Wildman–Crippen LogP) is 2.86. The van der Waals surface area contributed by atoms with Crippen LogP contribution in [0.25, 0.3) is 11.0 Å². The maximum absolute atomic E-state index is 13.8. The molecular formula is C25H27N3O8S2. The number of aromatic nitrogens is 2. The summed E-state index contributed by atoms with van der Waals surface area (Å²) in [5.74, 6) is 0.0915. The van der Waals surface area contributed by atoms with Crippen LogP contribution in [0.15, 0.2) is 68.8 Å². The summed E-state index contributed by atoms with van der Waals surface area (Å²) >= 11 is 0. The number of carboxylic acid groups (broad SMARTS) is 1. The number of aliphatic carboxylic acids is 1. The van der Waals surface area contributed by atoms with Gasteiger partial charge in [-0.05, 0) is 43.3 Å². The number of carboxylic acids is 1. The van der Waals surface area contributed by atoms with Gasteiger partial charge in [-0.25, -0.2) is 22.2 Å². The quantitative estimate of drug-likeness (QED) is 0.395. The molecule has 0 fully saturated rings. The van der Waals surface area contributed by atoms with Crippen LogP contribution in [-0.4, -0.2) is 71.5 Å². The number of dihydropyridines is 1. The van der Waals surface area contributed by atoms with Gasteiger partial charge in [-0.2, -0.15) is 0 Å². The van der Waals surface area contributed by atoms with E-state index in [0.717, 1.165) is 15.3 Å². The molecule has 38 heavy (non-hydrogen) atoms. The Morgan fingerprint density at radius 3 is 2.42 bits per heavy atom. The van der Waals surface area contributed by atoms with Crippen LogP contribution in [0.4, 0.5) is 0 Å². The zero-order valence-corrected chi connectivity index (χ0v) is 22.8. The molecule has 202 valence electrons. The first-order valence-corrected chi connectivity index (χ1v) is 14.3. The Labute approximate surface area is 222 Å². The zero-order valence-electron chi connectivity index (χ0n) is 21.2. The molecular weight excluding hydrogens is 534 g/mol. The van der Waals surface area contributed by atoms with Crippen molar-refractivity contribution in [3.63, 3.8) is 0 Å². The van der Waals surface area contributed by atoms with Gasteiger partial charge in [0.25, 0.3) is 10.0 Å². The molecule has 1 N–H and O–H groups in total. The Morgan fingerprint density at radius 1 is 1.11 bits per heavy atom. The molecule has 0 radical (unpaired) electrons.